The highest BCUT2D eigenvalue weighted by Crippen LogP contribution is 2.30. The summed E-state index contributed by atoms with van der Waals surface area (Å²) in [4.78, 5) is 12.1. The second-order valence-corrected chi connectivity index (χ2v) is 4.26. The zero-order valence-corrected chi connectivity index (χ0v) is 11.0. The Kier molecular flexibility index (Phi) is 3.65. The summed E-state index contributed by atoms with van der Waals surface area (Å²) in [7, 11) is 1.47. The molecule has 0 fully saturated rings. The molecule has 0 aliphatic carbocycles. The fraction of sp³-hybridized carbons (Fsp3) is 0.0714. The topological polar surface area (TPSA) is 116 Å². The van der Waals surface area contributed by atoms with E-state index in [9.17, 15) is 4.79 Å². The summed E-state index contributed by atoms with van der Waals surface area (Å²) in [5.41, 5.74) is 19.4. The molecule has 0 atom stereocenters. The number of hydrogen-bond acceptors (Lipinski definition) is 5. The Bertz CT molecular complexity index is 615. The minimum Gasteiger partial charge on any atom is -0.492 e. The van der Waals surface area contributed by atoms with Crippen LogP contribution in [0.25, 0.3) is 0 Å². The number of hydrogen-bond donors (Lipinski definition) is 4. The molecule has 0 heterocycles. The molecule has 104 valence electrons. The van der Waals surface area contributed by atoms with Crippen LogP contribution in [0.2, 0.25) is 0 Å². The molecule has 6 nitrogen and oxygen atoms in total. The van der Waals surface area contributed by atoms with E-state index in [-0.39, 0.29) is 5.91 Å². The summed E-state index contributed by atoms with van der Waals surface area (Å²) in [5.74, 6) is 0.0601. The van der Waals surface area contributed by atoms with Crippen molar-refractivity contribution >= 4 is 28.7 Å². The molecule has 0 aliphatic heterocycles. The number of methoxy groups -OCH3 is 1. The zero-order valence-electron chi connectivity index (χ0n) is 11.0. The van der Waals surface area contributed by atoms with Gasteiger partial charge in [-0.05, 0) is 36.4 Å². The zero-order chi connectivity index (χ0) is 14.7. The standard InChI is InChI=1S/C14H16N4O2/c1-20-13-11(16)6-8(7-12(13)17)14(19)18-10-4-2-9(15)3-5-10/h2-7H,15-17H2,1H3,(H,18,19). The third-order valence-electron chi connectivity index (χ3n) is 2.78. The third kappa shape index (κ3) is 2.74. The van der Waals surface area contributed by atoms with Crippen molar-refractivity contribution in [2.24, 2.45) is 0 Å². The summed E-state index contributed by atoms with van der Waals surface area (Å²) < 4.78 is 5.05. The largest absolute Gasteiger partial charge is 0.492 e. The summed E-state index contributed by atoms with van der Waals surface area (Å²) in [5, 5.41) is 2.73. The molecule has 0 radical (unpaired) electrons. The predicted molar refractivity (Wildman–Crippen MR) is 80.6 cm³/mol. The SMILES string of the molecule is COc1c(N)cc(C(=O)Nc2ccc(N)cc2)cc1N. The maximum atomic E-state index is 12.1. The van der Waals surface area contributed by atoms with E-state index in [1.807, 2.05) is 0 Å². The second kappa shape index (κ2) is 5.40. The van der Waals surface area contributed by atoms with Gasteiger partial charge in [-0.2, -0.15) is 0 Å². The van der Waals surface area contributed by atoms with Gasteiger partial charge in [0.05, 0.1) is 18.5 Å². The van der Waals surface area contributed by atoms with Crippen LogP contribution in [0.3, 0.4) is 0 Å². The van der Waals surface area contributed by atoms with Crippen LogP contribution in [0.1, 0.15) is 10.4 Å². The number of nitrogen functional groups attached to an aromatic ring is 3. The highest BCUT2D eigenvalue weighted by molar-refractivity contribution is 6.06. The normalized spacial score (nSPS) is 10.1. The monoisotopic (exact) mass is 272 g/mol. The maximum absolute atomic E-state index is 12.1. The maximum Gasteiger partial charge on any atom is 0.255 e. The minimum absolute atomic E-state index is 0.309. The molecule has 0 spiro atoms. The molecule has 20 heavy (non-hydrogen) atoms. The molecule has 0 saturated carbocycles. The Labute approximate surface area is 116 Å². The van der Waals surface area contributed by atoms with Crippen molar-refractivity contribution in [2.75, 3.05) is 29.6 Å². The number of nitrogens with two attached hydrogens (primary N) is 3. The van der Waals surface area contributed by atoms with Gasteiger partial charge < -0.3 is 27.3 Å². The van der Waals surface area contributed by atoms with Crippen LogP contribution in [0, 0.1) is 0 Å². The average molecular weight is 272 g/mol. The molecular formula is C14H16N4O2. The van der Waals surface area contributed by atoms with E-state index in [1.54, 1.807) is 24.3 Å². The van der Waals surface area contributed by atoms with Crippen LogP contribution < -0.4 is 27.3 Å². The highest BCUT2D eigenvalue weighted by Gasteiger charge is 2.12. The van der Waals surface area contributed by atoms with Crippen molar-refractivity contribution in [3.8, 4) is 5.75 Å². The van der Waals surface area contributed by atoms with Gasteiger partial charge >= 0.3 is 0 Å². The molecule has 0 unspecified atom stereocenters. The lowest BCUT2D eigenvalue weighted by Gasteiger charge is -2.11. The van der Waals surface area contributed by atoms with Gasteiger partial charge in [-0.1, -0.05) is 0 Å². The van der Waals surface area contributed by atoms with E-state index in [4.69, 9.17) is 21.9 Å². The van der Waals surface area contributed by atoms with Gasteiger partial charge in [0.25, 0.3) is 5.91 Å². The number of ether oxygens (including phenoxy) is 1. The van der Waals surface area contributed by atoms with E-state index in [0.717, 1.165) is 0 Å². The number of carbonyl (C=O) groups excluding carboxylic acids is 1. The lowest BCUT2D eigenvalue weighted by Crippen LogP contribution is -2.13. The van der Waals surface area contributed by atoms with Crippen LogP contribution in [-0.2, 0) is 0 Å². The van der Waals surface area contributed by atoms with Gasteiger partial charge in [0.15, 0.2) is 5.75 Å². The van der Waals surface area contributed by atoms with E-state index in [1.165, 1.54) is 19.2 Å². The van der Waals surface area contributed by atoms with Gasteiger partial charge in [-0.15, -0.1) is 0 Å². The highest BCUT2D eigenvalue weighted by atomic mass is 16.5. The first kappa shape index (κ1) is 13.5. The quantitative estimate of drug-likeness (QED) is 0.634. The first-order chi connectivity index (χ1) is 9.51. The molecular weight excluding hydrogens is 256 g/mol. The summed E-state index contributed by atoms with van der Waals surface area (Å²) >= 11 is 0. The summed E-state index contributed by atoms with van der Waals surface area (Å²) in [6.07, 6.45) is 0. The molecule has 0 aromatic heterocycles. The van der Waals surface area contributed by atoms with Crippen molar-refractivity contribution in [1.29, 1.82) is 0 Å². The van der Waals surface area contributed by atoms with Gasteiger partial charge in [-0.3, -0.25) is 4.79 Å². The molecule has 0 aliphatic rings. The second-order valence-electron chi connectivity index (χ2n) is 4.26. The van der Waals surface area contributed by atoms with Crippen molar-refractivity contribution in [2.45, 2.75) is 0 Å². The van der Waals surface area contributed by atoms with Crippen LogP contribution >= 0.6 is 0 Å². The molecule has 7 N–H and O–H groups in total. The lowest BCUT2D eigenvalue weighted by atomic mass is 10.1. The van der Waals surface area contributed by atoms with Crippen LogP contribution in [0.5, 0.6) is 5.75 Å². The number of rotatable bonds is 3. The van der Waals surface area contributed by atoms with Crippen molar-refractivity contribution in [3.05, 3.63) is 42.0 Å². The first-order valence-electron chi connectivity index (χ1n) is 5.91. The van der Waals surface area contributed by atoms with Crippen molar-refractivity contribution in [1.82, 2.24) is 0 Å². The van der Waals surface area contributed by atoms with Gasteiger partial charge in [0, 0.05) is 16.9 Å². The lowest BCUT2D eigenvalue weighted by molar-refractivity contribution is 0.102. The van der Waals surface area contributed by atoms with Crippen LogP contribution in [0.4, 0.5) is 22.7 Å². The van der Waals surface area contributed by atoms with E-state index in [0.29, 0.717) is 34.1 Å². The Morgan fingerprint density at radius 3 is 2.10 bits per heavy atom. The van der Waals surface area contributed by atoms with Crippen molar-refractivity contribution < 1.29 is 9.53 Å². The van der Waals surface area contributed by atoms with Crippen molar-refractivity contribution in [3.63, 3.8) is 0 Å². The number of benzene rings is 2. The predicted octanol–water partition coefficient (Wildman–Crippen LogP) is 1.69. The number of amides is 1. The molecule has 2 rings (SSSR count). The Morgan fingerprint density at radius 2 is 1.60 bits per heavy atom. The van der Waals surface area contributed by atoms with Crippen LogP contribution in [0.15, 0.2) is 36.4 Å². The Hall–Kier alpha value is -2.89. The Morgan fingerprint density at radius 1 is 1.05 bits per heavy atom. The first-order valence-corrected chi connectivity index (χ1v) is 5.91. The smallest absolute Gasteiger partial charge is 0.255 e. The molecule has 0 saturated heterocycles. The minimum atomic E-state index is -0.309. The fourth-order valence-corrected chi connectivity index (χ4v) is 1.81. The third-order valence-corrected chi connectivity index (χ3v) is 2.78. The average Bonchev–Trinajstić information content (AvgIpc) is 2.41. The van der Waals surface area contributed by atoms with Gasteiger partial charge in [-0.25, -0.2) is 0 Å². The molecule has 2 aromatic rings. The molecule has 1 amide bonds. The number of anilines is 4. The molecule has 6 heteroatoms. The number of carbonyl (C=O) groups is 1. The van der Waals surface area contributed by atoms with Crippen LogP contribution in [-0.4, -0.2) is 13.0 Å². The summed E-state index contributed by atoms with van der Waals surface area (Å²) in [6, 6.07) is 9.86. The number of nitrogens with one attached hydrogen (secondary N) is 1. The molecule has 2 aromatic carbocycles. The fourth-order valence-electron chi connectivity index (χ4n) is 1.81. The summed E-state index contributed by atoms with van der Waals surface area (Å²) in [6.45, 7) is 0. The van der Waals surface area contributed by atoms with E-state index in [2.05, 4.69) is 5.32 Å². The van der Waals surface area contributed by atoms with E-state index >= 15 is 0 Å². The Balaban J connectivity index is 2.23. The molecule has 0 bridgehead atoms. The van der Waals surface area contributed by atoms with E-state index < -0.39 is 0 Å². The van der Waals surface area contributed by atoms with Gasteiger partial charge in [0.2, 0.25) is 0 Å². The van der Waals surface area contributed by atoms with Gasteiger partial charge in [0.1, 0.15) is 0 Å².